The van der Waals surface area contributed by atoms with Crippen LogP contribution in [0.25, 0.3) is 0 Å². The van der Waals surface area contributed by atoms with Crippen molar-refractivity contribution in [1.29, 1.82) is 0 Å². The predicted octanol–water partition coefficient (Wildman–Crippen LogP) is 3.59. The number of carbonyl (C=O) groups is 1. The number of hydrogen-bond acceptors (Lipinski definition) is 3. The Morgan fingerprint density at radius 2 is 1.83 bits per heavy atom. The van der Waals surface area contributed by atoms with E-state index >= 15 is 0 Å². The van der Waals surface area contributed by atoms with Crippen molar-refractivity contribution in [3.8, 4) is 0 Å². The van der Waals surface area contributed by atoms with E-state index in [1.165, 1.54) is 12.1 Å². The second-order valence-electron chi connectivity index (χ2n) is 5.89. The molecule has 2 aromatic carbocycles. The molecule has 4 nitrogen and oxygen atoms in total. The van der Waals surface area contributed by atoms with Gasteiger partial charge in [-0.2, -0.15) is 0 Å². The maximum Gasteiger partial charge on any atom is 0.258 e. The number of halogens is 2. The van der Waals surface area contributed by atoms with Crippen molar-refractivity contribution in [2.75, 3.05) is 43.4 Å². The average Bonchev–Trinajstić information content (AvgIpc) is 2.58. The Hall–Kier alpha value is -1.92. The lowest BCUT2D eigenvalue weighted by molar-refractivity contribution is 0.102. The van der Waals surface area contributed by atoms with Gasteiger partial charge in [0, 0.05) is 30.7 Å². The summed E-state index contributed by atoms with van der Waals surface area (Å²) in [6, 6.07) is 12.0. The number of nitrogens with zero attached hydrogens (tertiary/aromatic N) is 2. The van der Waals surface area contributed by atoms with Crippen LogP contribution in [0.2, 0.25) is 0 Å². The molecule has 0 saturated carbocycles. The molecule has 126 valence electrons. The summed E-state index contributed by atoms with van der Waals surface area (Å²) < 4.78 is 14.6. The summed E-state index contributed by atoms with van der Waals surface area (Å²) in [5.74, 6) is -0.983. The largest absolute Gasteiger partial charge is 0.367 e. The molecule has 1 saturated heterocycles. The lowest BCUT2D eigenvalue weighted by Gasteiger charge is -2.35. The van der Waals surface area contributed by atoms with Crippen LogP contribution in [0.4, 0.5) is 15.8 Å². The van der Waals surface area contributed by atoms with Crippen molar-refractivity contribution in [3.63, 3.8) is 0 Å². The monoisotopic (exact) mass is 391 g/mol. The first kappa shape index (κ1) is 16.9. The topological polar surface area (TPSA) is 35.6 Å². The molecule has 0 aliphatic carbocycles. The van der Waals surface area contributed by atoms with E-state index in [-0.39, 0.29) is 5.56 Å². The highest BCUT2D eigenvalue weighted by molar-refractivity contribution is 9.10. The molecule has 0 aromatic heterocycles. The Balaban J connectivity index is 1.82. The van der Waals surface area contributed by atoms with Gasteiger partial charge in [-0.25, -0.2) is 4.39 Å². The number of nitrogens with one attached hydrogen (secondary N) is 1. The third-order valence-electron chi connectivity index (χ3n) is 4.17. The lowest BCUT2D eigenvalue weighted by atomic mass is 10.1. The number of para-hydroxylation sites is 2. The van der Waals surface area contributed by atoms with E-state index in [0.717, 1.165) is 31.9 Å². The van der Waals surface area contributed by atoms with Crippen molar-refractivity contribution in [2.24, 2.45) is 0 Å². The second-order valence-corrected chi connectivity index (χ2v) is 6.80. The van der Waals surface area contributed by atoms with Crippen molar-refractivity contribution >= 4 is 33.2 Å². The summed E-state index contributed by atoms with van der Waals surface area (Å²) in [5.41, 5.74) is 1.69. The second kappa shape index (κ2) is 7.32. The highest BCUT2D eigenvalue weighted by Gasteiger charge is 2.19. The molecule has 0 atom stereocenters. The molecule has 1 heterocycles. The van der Waals surface area contributed by atoms with E-state index in [1.54, 1.807) is 6.07 Å². The number of hydrogen-bond donors (Lipinski definition) is 1. The highest BCUT2D eigenvalue weighted by Crippen LogP contribution is 2.27. The third kappa shape index (κ3) is 3.76. The Kier molecular flexibility index (Phi) is 5.16. The number of rotatable bonds is 3. The smallest absolute Gasteiger partial charge is 0.258 e. The quantitative estimate of drug-likeness (QED) is 0.867. The maximum absolute atomic E-state index is 13.9. The molecule has 0 bridgehead atoms. The fourth-order valence-electron chi connectivity index (χ4n) is 2.76. The Morgan fingerprint density at radius 3 is 2.58 bits per heavy atom. The van der Waals surface area contributed by atoms with E-state index in [2.05, 4.69) is 38.1 Å². The first-order valence-electron chi connectivity index (χ1n) is 7.83. The molecular weight excluding hydrogens is 373 g/mol. The van der Waals surface area contributed by atoms with Crippen LogP contribution in [0.1, 0.15) is 10.4 Å². The molecule has 1 amide bonds. The van der Waals surface area contributed by atoms with Gasteiger partial charge in [0.1, 0.15) is 5.82 Å². The normalized spacial score (nSPS) is 15.4. The fraction of sp³-hybridized carbons (Fsp3) is 0.278. The van der Waals surface area contributed by atoms with E-state index in [1.807, 2.05) is 24.3 Å². The van der Waals surface area contributed by atoms with Crippen LogP contribution in [-0.2, 0) is 0 Å². The molecule has 0 unspecified atom stereocenters. The van der Waals surface area contributed by atoms with Gasteiger partial charge in [0.15, 0.2) is 0 Å². The van der Waals surface area contributed by atoms with Crippen molar-refractivity contribution in [2.45, 2.75) is 0 Å². The molecule has 1 N–H and O–H groups in total. The Bertz CT molecular complexity index is 745. The van der Waals surface area contributed by atoms with E-state index in [0.29, 0.717) is 10.2 Å². The van der Waals surface area contributed by atoms with Crippen molar-refractivity contribution < 1.29 is 9.18 Å². The van der Waals surface area contributed by atoms with Crippen LogP contribution in [0.3, 0.4) is 0 Å². The van der Waals surface area contributed by atoms with E-state index < -0.39 is 11.7 Å². The lowest BCUT2D eigenvalue weighted by Crippen LogP contribution is -2.44. The summed E-state index contributed by atoms with van der Waals surface area (Å²) in [6.07, 6.45) is 0. The Labute approximate surface area is 149 Å². The molecule has 3 rings (SSSR count). The summed E-state index contributed by atoms with van der Waals surface area (Å²) in [4.78, 5) is 17.0. The van der Waals surface area contributed by atoms with Gasteiger partial charge in [-0.05, 0) is 37.4 Å². The number of benzene rings is 2. The van der Waals surface area contributed by atoms with Gasteiger partial charge >= 0.3 is 0 Å². The average molecular weight is 392 g/mol. The van der Waals surface area contributed by atoms with Crippen molar-refractivity contribution in [3.05, 3.63) is 58.3 Å². The summed E-state index contributed by atoms with van der Waals surface area (Å²) in [5, 5.41) is 2.85. The molecule has 0 radical (unpaired) electrons. The number of amides is 1. The minimum Gasteiger partial charge on any atom is -0.367 e. The number of anilines is 2. The fourth-order valence-corrected chi connectivity index (χ4v) is 3.12. The summed E-state index contributed by atoms with van der Waals surface area (Å²) in [7, 11) is 2.10. The zero-order valence-electron chi connectivity index (χ0n) is 13.4. The molecule has 0 spiro atoms. The van der Waals surface area contributed by atoms with Crippen LogP contribution in [0.15, 0.2) is 46.9 Å². The van der Waals surface area contributed by atoms with Crippen LogP contribution in [0.5, 0.6) is 0 Å². The van der Waals surface area contributed by atoms with Gasteiger partial charge in [-0.1, -0.05) is 28.1 Å². The molecule has 2 aromatic rings. The van der Waals surface area contributed by atoms with Crippen LogP contribution >= 0.6 is 15.9 Å². The first-order valence-corrected chi connectivity index (χ1v) is 8.63. The van der Waals surface area contributed by atoms with Gasteiger partial charge in [0.05, 0.1) is 16.9 Å². The zero-order chi connectivity index (χ0) is 17.1. The molecule has 1 fully saturated rings. The highest BCUT2D eigenvalue weighted by atomic mass is 79.9. The molecule has 1 aliphatic heterocycles. The number of piperazine rings is 1. The van der Waals surface area contributed by atoms with E-state index in [4.69, 9.17) is 0 Å². The predicted molar refractivity (Wildman–Crippen MR) is 98.2 cm³/mol. The van der Waals surface area contributed by atoms with Crippen LogP contribution in [0, 0.1) is 5.82 Å². The molecule has 1 aliphatic rings. The molecule has 6 heteroatoms. The SMILES string of the molecule is CN1CCN(c2ccccc2NC(=O)c2cc(Br)ccc2F)CC1. The minimum atomic E-state index is -0.534. The van der Waals surface area contributed by atoms with Gasteiger partial charge in [-0.15, -0.1) is 0 Å². The molecule has 24 heavy (non-hydrogen) atoms. The van der Waals surface area contributed by atoms with Gasteiger partial charge in [0.25, 0.3) is 5.91 Å². The summed E-state index contributed by atoms with van der Waals surface area (Å²) >= 11 is 3.27. The standard InChI is InChI=1S/C18H19BrFN3O/c1-22-8-10-23(11-9-22)17-5-3-2-4-16(17)21-18(24)14-12-13(19)6-7-15(14)20/h2-7,12H,8-11H2,1H3,(H,21,24). The van der Waals surface area contributed by atoms with Gasteiger partial charge < -0.3 is 15.1 Å². The number of carbonyl (C=O) groups excluding carboxylic acids is 1. The van der Waals surface area contributed by atoms with Crippen LogP contribution < -0.4 is 10.2 Å². The van der Waals surface area contributed by atoms with Crippen molar-refractivity contribution in [1.82, 2.24) is 4.90 Å². The summed E-state index contributed by atoms with van der Waals surface area (Å²) in [6.45, 7) is 3.74. The zero-order valence-corrected chi connectivity index (χ0v) is 15.0. The molecular formula is C18H19BrFN3O. The first-order chi connectivity index (χ1) is 11.5. The van der Waals surface area contributed by atoms with Gasteiger partial charge in [0.2, 0.25) is 0 Å². The van der Waals surface area contributed by atoms with Gasteiger partial charge in [-0.3, -0.25) is 4.79 Å². The maximum atomic E-state index is 13.9. The van der Waals surface area contributed by atoms with Crippen LogP contribution in [-0.4, -0.2) is 44.0 Å². The minimum absolute atomic E-state index is 0.0255. The Morgan fingerprint density at radius 1 is 1.12 bits per heavy atom. The number of likely N-dealkylation sites (N-methyl/N-ethyl adjacent to an activating group) is 1. The van der Waals surface area contributed by atoms with E-state index in [9.17, 15) is 9.18 Å². The third-order valence-corrected chi connectivity index (χ3v) is 4.66.